The van der Waals surface area contributed by atoms with E-state index in [0.717, 1.165) is 32.3 Å². The fourth-order valence-electron chi connectivity index (χ4n) is 3.82. The van der Waals surface area contributed by atoms with Gasteiger partial charge in [0.2, 0.25) is 5.91 Å². The van der Waals surface area contributed by atoms with E-state index in [2.05, 4.69) is 55.2 Å². The van der Waals surface area contributed by atoms with Crippen LogP contribution in [0.3, 0.4) is 0 Å². The highest BCUT2D eigenvalue weighted by molar-refractivity contribution is 9.11. The van der Waals surface area contributed by atoms with Crippen molar-refractivity contribution < 1.29 is 4.79 Å². The van der Waals surface area contributed by atoms with Crippen LogP contribution in [0, 0.1) is 0 Å². The van der Waals surface area contributed by atoms with Gasteiger partial charge >= 0.3 is 0 Å². The Morgan fingerprint density at radius 2 is 1.82 bits per heavy atom. The van der Waals surface area contributed by atoms with Crippen LogP contribution >= 0.6 is 31.9 Å². The van der Waals surface area contributed by atoms with E-state index in [0.29, 0.717) is 18.2 Å². The predicted molar refractivity (Wildman–Crippen MR) is 123 cm³/mol. The molecule has 0 saturated heterocycles. The van der Waals surface area contributed by atoms with Gasteiger partial charge in [-0.05, 0) is 71.2 Å². The van der Waals surface area contributed by atoms with Gasteiger partial charge in [-0.3, -0.25) is 9.69 Å². The normalized spacial score (nSPS) is 15.0. The second-order valence-corrected chi connectivity index (χ2v) is 9.37. The molecule has 2 aromatic carbocycles. The number of carbonyl (C=O) groups excluding carboxylic acids is 1. The Kier molecular flexibility index (Phi) is 7.55. The molecule has 1 amide bonds. The molecular weight excluding hydrogens is 482 g/mol. The minimum Gasteiger partial charge on any atom is -0.399 e. The van der Waals surface area contributed by atoms with E-state index in [1.54, 1.807) is 0 Å². The first-order chi connectivity index (χ1) is 13.4. The number of nitrogens with one attached hydrogen (secondary N) is 1. The molecule has 0 unspecified atom stereocenters. The summed E-state index contributed by atoms with van der Waals surface area (Å²) in [7, 11) is 2.19. The number of amides is 1. The summed E-state index contributed by atoms with van der Waals surface area (Å²) in [5.74, 6) is -0.0330. The maximum atomic E-state index is 12.7. The summed E-state index contributed by atoms with van der Waals surface area (Å²) in [5, 5.41) is 3.11. The van der Waals surface area contributed by atoms with Crippen LogP contribution in [0.1, 0.15) is 43.2 Å². The fraction of sp³-hybridized carbons (Fsp3) is 0.409. The molecular formula is C22H27Br2N3O. The zero-order valence-corrected chi connectivity index (χ0v) is 19.4. The molecule has 3 rings (SSSR count). The van der Waals surface area contributed by atoms with Gasteiger partial charge in [0, 0.05) is 27.2 Å². The Labute approximate surface area is 184 Å². The maximum absolute atomic E-state index is 12.7. The predicted octanol–water partition coefficient (Wildman–Crippen LogP) is 5.74. The van der Waals surface area contributed by atoms with Crippen molar-refractivity contribution in [2.75, 3.05) is 18.1 Å². The lowest BCUT2D eigenvalue weighted by atomic mass is 9.94. The summed E-state index contributed by atoms with van der Waals surface area (Å²) < 4.78 is 1.89. The lowest BCUT2D eigenvalue weighted by Gasteiger charge is -2.32. The summed E-state index contributed by atoms with van der Waals surface area (Å²) in [6, 6.07) is 12.1. The van der Waals surface area contributed by atoms with Crippen molar-refractivity contribution in [2.24, 2.45) is 0 Å². The number of nitrogen functional groups attached to an aromatic ring is 1. The molecule has 3 N–H and O–H groups in total. The van der Waals surface area contributed by atoms with E-state index in [1.165, 1.54) is 32.1 Å². The van der Waals surface area contributed by atoms with Crippen molar-refractivity contribution >= 4 is 49.1 Å². The third-order valence-corrected chi connectivity index (χ3v) is 6.45. The molecule has 150 valence electrons. The van der Waals surface area contributed by atoms with Gasteiger partial charge in [0.15, 0.2) is 0 Å². The molecule has 28 heavy (non-hydrogen) atoms. The highest BCUT2D eigenvalue weighted by atomic mass is 79.9. The number of hydrogen-bond acceptors (Lipinski definition) is 3. The molecule has 0 spiro atoms. The molecule has 1 aliphatic carbocycles. The van der Waals surface area contributed by atoms with Crippen molar-refractivity contribution in [3.63, 3.8) is 0 Å². The third-order valence-electron chi connectivity index (χ3n) is 5.36. The average Bonchev–Trinajstić information content (AvgIpc) is 2.67. The molecule has 4 nitrogen and oxygen atoms in total. The second kappa shape index (κ2) is 9.90. The number of carbonyl (C=O) groups is 1. The van der Waals surface area contributed by atoms with E-state index >= 15 is 0 Å². The van der Waals surface area contributed by atoms with Crippen molar-refractivity contribution in [3.05, 3.63) is 56.5 Å². The number of nitrogens with two attached hydrogens (primary N) is 1. The minimum atomic E-state index is -0.0330. The van der Waals surface area contributed by atoms with E-state index in [1.807, 2.05) is 30.3 Å². The smallest absolute Gasteiger partial charge is 0.228 e. The summed E-state index contributed by atoms with van der Waals surface area (Å²) in [5.41, 5.74) is 9.34. The Bertz CT molecular complexity index is 817. The molecule has 0 atom stereocenters. The minimum absolute atomic E-state index is 0.0330. The Hall–Kier alpha value is -1.37. The topological polar surface area (TPSA) is 58.4 Å². The summed E-state index contributed by atoms with van der Waals surface area (Å²) in [4.78, 5) is 15.1. The first-order valence-electron chi connectivity index (χ1n) is 9.75. The number of halogens is 2. The Balaban J connectivity index is 1.73. The van der Waals surface area contributed by atoms with Crippen LogP contribution in [-0.4, -0.2) is 23.9 Å². The molecule has 1 aliphatic rings. The highest BCUT2D eigenvalue weighted by Gasteiger charge is 2.20. The van der Waals surface area contributed by atoms with Gasteiger partial charge in [-0.15, -0.1) is 0 Å². The molecule has 0 aromatic heterocycles. The zero-order valence-electron chi connectivity index (χ0n) is 16.2. The number of benzene rings is 2. The zero-order chi connectivity index (χ0) is 20.1. The monoisotopic (exact) mass is 507 g/mol. The maximum Gasteiger partial charge on any atom is 0.228 e. The molecule has 6 heteroatoms. The fourth-order valence-corrected chi connectivity index (χ4v) is 5.23. The molecule has 0 aliphatic heterocycles. The molecule has 1 fully saturated rings. The number of nitrogens with zero attached hydrogens (tertiary/aromatic N) is 1. The van der Waals surface area contributed by atoms with Gasteiger partial charge in [-0.1, -0.05) is 47.3 Å². The summed E-state index contributed by atoms with van der Waals surface area (Å²) >= 11 is 7.21. The van der Waals surface area contributed by atoms with Crippen molar-refractivity contribution in [1.82, 2.24) is 4.90 Å². The van der Waals surface area contributed by atoms with Crippen molar-refractivity contribution in [3.8, 4) is 0 Å². The first-order valence-corrected chi connectivity index (χ1v) is 11.3. The van der Waals surface area contributed by atoms with Crippen LogP contribution in [0.15, 0.2) is 45.3 Å². The molecule has 1 saturated carbocycles. The van der Waals surface area contributed by atoms with Gasteiger partial charge in [-0.2, -0.15) is 0 Å². The van der Waals surface area contributed by atoms with Gasteiger partial charge in [0.1, 0.15) is 0 Å². The second-order valence-electron chi connectivity index (χ2n) is 7.60. The molecule has 0 heterocycles. The van der Waals surface area contributed by atoms with Crippen LogP contribution in [0.25, 0.3) is 0 Å². The summed E-state index contributed by atoms with van der Waals surface area (Å²) in [6.45, 7) is 0.806. The van der Waals surface area contributed by atoms with E-state index in [4.69, 9.17) is 5.73 Å². The SMILES string of the molecule is CN(Cc1cc(Br)cc(Br)c1NC(=O)Cc1ccc(N)cc1)C1CCCCC1. The molecule has 0 radical (unpaired) electrons. The van der Waals surface area contributed by atoms with E-state index < -0.39 is 0 Å². The largest absolute Gasteiger partial charge is 0.399 e. The van der Waals surface area contributed by atoms with Crippen LogP contribution in [0.5, 0.6) is 0 Å². The molecule has 0 bridgehead atoms. The van der Waals surface area contributed by atoms with Crippen molar-refractivity contribution in [2.45, 2.75) is 51.1 Å². The standard InChI is InChI=1S/C22H27Br2N3O/c1-27(19-5-3-2-4-6-19)14-16-12-17(23)13-20(24)22(16)26-21(28)11-15-7-9-18(25)10-8-15/h7-10,12-13,19H,2-6,11,14,25H2,1H3,(H,26,28). The highest BCUT2D eigenvalue weighted by Crippen LogP contribution is 2.33. The van der Waals surface area contributed by atoms with Crippen molar-refractivity contribution in [1.29, 1.82) is 0 Å². The van der Waals surface area contributed by atoms with Gasteiger partial charge in [0.25, 0.3) is 0 Å². The summed E-state index contributed by atoms with van der Waals surface area (Å²) in [6.07, 6.45) is 6.79. The van der Waals surface area contributed by atoms with Gasteiger partial charge in [-0.25, -0.2) is 0 Å². The van der Waals surface area contributed by atoms with Gasteiger partial charge < -0.3 is 11.1 Å². The first kappa shape index (κ1) is 21.3. The van der Waals surface area contributed by atoms with Gasteiger partial charge in [0.05, 0.1) is 12.1 Å². The number of hydrogen-bond donors (Lipinski definition) is 2. The third kappa shape index (κ3) is 5.82. The molecule has 2 aromatic rings. The lowest BCUT2D eigenvalue weighted by molar-refractivity contribution is -0.115. The Morgan fingerprint density at radius 1 is 1.14 bits per heavy atom. The van der Waals surface area contributed by atoms with E-state index in [-0.39, 0.29) is 5.91 Å². The van der Waals surface area contributed by atoms with E-state index in [9.17, 15) is 4.79 Å². The van der Waals surface area contributed by atoms with Crippen LogP contribution in [0.4, 0.5) is 11.4 Å². The number of anilines is 2. The van der Waals surface area contributed by atoms with Crippen LogP contribution in [-0.2, 0) is 17.8 Å². The van der Waals surface area contributed by atoms with Crippen LogP contribution < -0.4 is 11.1 Å². The average molecular weight is 509 g/mol. The lowest BCUT2D eigenvalue weighted by Crippen LogP contribution is -2.33. The number of rotatable bonds is 6. The quantitative estimate of drug-likeness (QED) is 0.489. The Morgan fingerprint density at radius 3 is 2.50 bits per heavy atom. The van der Waals surface area contributed by atoms with Crippen LogP contribution in [0.2, 0.25) is 0 Å².